The van der Waals surface area contributed by atoms with E-state index in [1.165, 1.54) is 9.00 Å². The van der Waals surface area contributed by atoms with E-state index in [1.807, 2.05) is 22.7 Å². The Labute approximate surface area is 76.3 Å². The molecule has 2 aromatic heterocycles. The van der Waals surface area contributed by atoms with Gasteiger partial charge in [-0.1, -0.05) is 24.3 Å². The average Bonchev–Trinajstić information content (AvgIpc) is 2.60. The molecule has 0 nitrogen and oxygen atoms in total. The van der Waals surface area contributed by atoms with Crippen LogP contribution in [0.15, 0.2) is 35.0 Å². The molecule has 0 bridgehead atoms. The Morgan fingerprint density at radius 3 is 1.82 bits per heavy atom. The van der Waals surface area contributed by atoms with Gasteiger partial charge in [-0.25, -0.2) is 0 Å². The van der Waals surface area contributed by atoms with Crippen molar-refractivity contribution in [2.45, 2.75) is 0 Å². The van der Waals surface area contributed by atoms with Crippen LogP contribution in [0.4, 0.5) is 0 Å². The predicted molar refractivity (Wildman–Crippen MR) is 55.1 cm³/mol. The van der Waals surface area contributed by atoms with Crippen LogP contribution < -0.4 is 9.00 Å². The van der Waals surface area contributed by atoms with Crippen LogP contribution in [0.2, 0.25) is 0 Å². The lowest BCUT2D eigenvalue weighted by Gasteiger charge is -1.88. The van der Waals surface area contributed by atoms with Gasteiger partial charge in [0.15, 0.2) is 0 Å². The van der Waals surface area contributed by atoms with Crippen molar-refractivity contribution in [1.82, 2.24) is 0 Å². The Balaban J connectivity index is 2.14. The van der Waals surface area contributed by atoms with E-state index in [2.05, 4.69) is 35.0 Å². The summed E-state index contributed by atoms with van der Waals surface area (Å²) in [5, 5.41) is 4.30. The van der Waals surface area contributed by atoms with Gasteiger partial charge in [0.1, 0.15) is 9.52 Å². The van der Waals surface area contributed by atoms with E-state index < -0.39 is 0 Å². The molecule has 2 aromatic rings. The molecule has 0 saturated heterocycles. The fraction of sp³-hybridized carbons (Fsp3) is 0. The Kier molecular flexibility index (Phi) is 2.21. The molecule has 0 saturated carbocycles. The largest absolute Gasteiger partial charge is 0.154 e. The number of rotatable bonds is 2. The standard InChI is InChI=1S/C8H7S2Si/c1-3-7(9-5-1)11-8-4-2-6-10-8/h1-6,11H. The van der Waals surface area contributed by atoms with Gasteiger partial charge in [0.25, 0.3) is 0 Å². The van der Waals surface area contributed by atoms with E-state index >= 15 is 0 Å². The molecule has 0 aliphatic rings. The SMILES string of the molecule is c1csc([SiH]c2cccs2)c1. The maximum Gasteiger partial charge on any atom is 0.130 e. The molecule has 0 amide bonds. The lowest BCUT2D eigenvalue weighted by atomic mass is 10.7. The zero-order valence-electron chi connectivity index (χ0n) is 5.86. The zero-order chi connectivity index (χ0) is 7.52. The fourth-order valence-corrected chi connectivity index (χ4v) is 4.53. The van der Waals surface area contributed by atoms with Crippen molar-refractivity contribution >= 4 is 41.2 Å². The fourth-order valence-electron chi connectivity index (χ4n) is 0.887. The van der Waals surface area contributed by atoms with Gasteiger partial charge in [-0.3, -0.25) is 0 Å². The molecule has 0 aromatic carbocycles. The Morgan fingerprint density at radius 2 is 1.45 bits per heavy atom. The second-order valence-electron chi connectivity index (χ2n) is 2.18. The molecule has 2 heterocycles. The predicted octanol–water partition coefficient (Wildman–Crippen LogP) is 1.20. The van der Waals surface area contributed by atoms with Gasteiger partial charge in [-0.2, -0.15) is 22.7 Å². The molecule has 55 valence electrons. The van der Waals surface area contributed by atoms with Crippen molar-refractivity contribution in [2.75, 3.05) is 0 Å². The highest BCUT2D eigenvalue weighted by molar-refractivity contribution is 7.27. The van der Waals surface area contributed by atoms with Gasteiger partial charge in [-0.05, 0) is 19.8 Å². The van der Waals surface area contributed by atoms with Crippen LogP contribution in [0.3, 0.4) is 0 Å². The smallest absolute Gasteiger partial charge is 0.130 e. The third-order valence-corrected chi connectivity index (χ3v) is 5.25. The molecule has 2 rings (SSSR count). The van der Waals surface area contributed by atoms with Crippen LogP contribution in [0.5, 0.6) is 0 Å². The highest BCUT2D eigenvalue weighted by atomic mass is 32.1. The third kappa shape index (κ3) is 1.80. The van der Waals surface area contributed by atoms with E-state index in [4.69, 9.17) is 0 Å². The van der Waals surface area contributed by atoms with Crippen LogP contribution >= 0.6 is 22.7 Å². The molecular weight excluding hydrogens is 188 g/mol. The maximum absolute atomic E-state index is 2.22. The zero-order valence-corrected chi connectivity index (χ0v) is 8.65. The van der Waals surface area contributed by atoms with E-state index in [-0.39, 0.29) is 0 Å². The van der Waals surface area contributed by atoms with Crippen LogP contribution in [-0.2, 0) is 0 Å². The van der Waals surface area contributed by atoms with Crippen LogP contribution in [0, 0.1) is 0 Å². The molecule has 11 heavy (non-hydrogen) atoms. The van der Waals surface area contributed by atoms with Gasteiger partial charge in [0.2, 0.25) is 0 Å². The summed E-state index contributed by atoms with van der Waals surface area (Å²) in [5.41, 5.74) is 0. The first-order valence-electron chi connectivity index (χ1n) is 3.37. The summed E-state index contributed by atoms with van der Waals surface area (Å²) >= 11 is 3.73. The molecular formula is C8H7S2Si. The van der Waals surface area contributed by atoms with Crippen molar-refractivity contribution in [3.63, 3.8) is 0 Å². The molecule has 1 radical (unpaired) electrons. The van der Waals surface area contributed by atoms with Crippen molar-refractivity contribution in [2.24, 2.45) is 0 Å². The number of hydrogen-bond acceptors (Lipinski definition) is 2. The summed E-state index contributed by atoms with van der Waals surface area (Å²) in [6.07, 6.45) is 0. The molecule has 0 unspecified atom stereocenters. The van der Waals surface area contributed by atoms with Crippen molar-refractivity contribution < 1.29 is 0 Å². The minimum atomic E-state index is 0.375. The molecule has 0 atom stereocenters. The summed E-state index contributed by atoms with van der Waals surface area (Å²) in [6, 6.07) is 8.70. The Morgan fingerprint density at radius 1 is 0.909 bits per heavy atom. The maximum atomic E-state index is 2.22. The highest BCUT2D eigenvalue weighted by Gasteiger charge is 1.97. The van der Waals surface area contributed by atoms with Crippen LogP contribution in [-0.4, -0.2) is 9.52 Å². The lowest BCUT2D eigenvalue weighted by molar-refractivity contribution is 2.05. The molecule has 0 spiro atoms. The Bertz CT molecular complexity index is 264. The van der Waals surface area contributed by atoms with Gasteiger partial charge >= 0.3 is 0 Å². The highest BCUT2D eigenvalue weighted by Crippen LogP contribution is 1.95. The third-order valence-electron chi connectivity index (χ3n) is 1.37. The van der Waals surface area contributed by atoms with Crippen molar-refractivity contribution in [3.8, 4) is 0 Å². The minimum Gasteiger partial charge on any atom is -0.154 e. The van der Waals surface area contributed by atoms with Crippen LogP contribution in [0.25, 0.3) is 0 Å². The van der Waals surface area contributed by atoms with E-state index in [0.29, 0.717) is 9.52 Å². The van der Waals surface area contributed by atoms with Gasteiger partial charge in [0.05, 0.1) is 0 Å². The summed E-state index contributed by atoms with van der Waals surface area (Å²) < 4.78 is 3.07. The summed E-state index contributed by atoms with van der Waals surface area (Å²) in [7, 11) is 0.375. The van der Waals surface area contributed by atoms with Crippen molar-refractivity contribution in [1.29, 1.82) is 0 Å². The normalized spacial score (nSPS) is 10.2. The molecule has 0 aliphatic carbocycles. The molecule has 0 fully saturated rings. The van der Waals surface area contributed by atoms with Gasteiger partial charge in [0, 0.05) is 0 Å². The second-order valence-corrected chi connectivity index (χ2v) is 6.50. The number of thiophene rings is 2. The lowest BCUT2D eigenvalue weighted by Crippen LogP contribution is -2.20. The van der Waals surface area contributed by atoms with Crippen molar-refractivity contribution in [3.05, 3.63) is 35.0 Å². The topological polar surface area (TPSA) is 0 Å². The first kappa shape index (κ1) is 7.28. The van der Waals surface area contributed by atoms with E-state index in [1.54, 1.807) is 0 Å². The Hall–Kier alpha value is -0.383. The van der Waals surface area contributed by atoms with Gasteiger partial charge < -0.3 is 0 Å². The van der Waals surface area contributed by atoms with E-state index in [0.717, 1.165) is 0 Å². The summed E-state index contributed by atoms with van der Waals surface area (Å²) in [4.78, 5) is 0. The number of hydrogen-bond donors (Lipinski definition) is 0. The van der Waals surface area contributed by atoms with Gasteiger partial charge in [-0.15, -0.1) is 0 Å². The first-order chi connectivity index (χ1) is 5.45. The quantitative estimate of drug-likeness (QED) is 0.632. The minimum absolute atomic E-state index is 0.375. The second kappa shape index (κ2) is 3.34. The molecule has 0 aliphatic heterocycles. The van der Waals surface area contributed by atoms with E-state index in [9.17, 15) is 0 Å². The monoisotopic (exact) mass is 195 g/mol. The summed E-state index contributed by atoms with van der Waals surface area (Å²) in [5.74, 6) is 0. The molecule has 3 heteroatoms. The molecule has 0 N–H and O–H groups in total. The summed E-state index contributed by atoms with van der Waals surface area (Å²) in [6.45, 7) is 0. The van der Waals surface area contributed by atoms with Crippen LogP contribution in [0.1, 0.15) is 0 Å². The average molecular weight is 195 g/mol. The first-order valence-corrected chi connectivity index (χ1v) is 6.28.